The number of nitriles is 2. The van der Waals surface area contributed by atoms with Crippen LogP contribution in [0.25, 0.3) is 0 Å². The van der Waals surface area contributed by atoms with Crippen molar-refractivity contribution >= 4 is 17.6 Å². The second kappa shape index (κ2) is 6.04. The van der Waals surface area contributed by atoms with E-state index in [1.165, 1.54) is 18.2 Å². The van der Waals surface area contributed by atoms with Gasteiger partial charge in [0, 0.05) is 5.69 Å². The van der Waals surface area contributed by atoms with Crippen LogP contribution in [0.4, 0.5) is 5.69 Å². The van der Waals surface area contributed by atoms with Crippen LogP contribution >= 0.6 is 0 Å². The van der Waals surface area contributed by atoms with Crippen LogP contribution in [0.3, 0.4) is 0 Å². The van der Waals surface area contributed by atoms with Crippen LogP contribution in [-0.4, -0.2) is 29.2 Å². The van der Waals surface area contributed by atoms with Crippen molar-refractivity contribution in [3.8, 4) is 12.1 Å². The number of amides is 1. The molecule has 0 bridgehead atoms. The van der Waals surface area contributed by atoms with Gasteiger partial charge in [-0.1, -0.05) is 0 Å². The van der Waals surface area contributed by atoms with Crippen LogP contribution < -0.4 is 5.32 Å². The van der Waals surface area contributed by atoms with Crippen LogP contribution in [0.1, 0.15) is 24.0 Å². The Bertz CT molecular complexity index is 672. The van der Waals surface area contributed by atoms with Crippen LogP contribution in [0.15, 0.2) is 18.2 Å². The molecule has 0 saturated carbocycles. The van der Waals surface area contributed by atoms with Crippen LogP contribution in [-0.2, 0) is 14.3 Å². The Morgan fingerprint density at radius 2 is 1.86 bits per heavy atom. The van der Waals surface area contributed by atoms with Gasteiger partial charge in [-0.2, -0.15) is 10.5 Å². The number of aliphatic carboxylic acids is 1. The standard InChI is InChI=1S/C14H11N3O4/c15-6-8-1-2-10(5-9(8)7-16)17-13(18)11-3-4-12(21-11)14(19)20/h1-2,5,11-12H,3-4H2,(H,17,18)(H,19,20). The van der Waals surface area contributed by atoms with Crippen molar-refractivity contribution < 1.29 is 19.4 Å². The number of rotatable bonds is 3. The number of ether oxygens (including phenoxy) is 1. The summed E-state index contributed by atoms with van der Waals surface area (Å²) in [6, 6.07) is 8.07. The van der Waals surface area contributed by atoms with Crippen molar-refractivity contribution in [2.24, 2.45) is 0 Å². The highest BCUT2D eigenvalue weighted by Gasteiger charge is 2.34. The number of nitrogens with one attached hydrogen (secondary N) is 1. The second-order valence-corrected chi connectivity index (χ2v) is 4.50. The van der Waals surface area contributed by atoms with Gasteiger partial charge in [0.25, 0.3) is 5.91 Å². The molecule has 1 fully saturated rings. The SMILES string of the molecule is N#Cc1ccc(NC(=O)C2CCC(C(=O)O)O2)cc1C#N. The maximum absolute atomic E-state index is 12.0. The molecule has 7 heteroatoms. The fraction of sp³-hybridized carbons (Fsp3) is 0.286. The topological polar surface area (TPSA) is 123 Å². The Morgan fingerprint density at radius 1 is 1.19 bits per heavy atom. The molecule has 1 aromatic carbocycles. The average Bonchev–Trinajstić information content (AvgIpc) is 2.97. The van der Waals surface area contributed by atoms with E-state index >= 15 is 0 Å². The molecule has 0 radical (unpaired) electrons. The van der Waals surface area contributed by atoms with E-state index in [1.54, 1.807) is 0 Å². The third-order valence-corrected chi connectivity index (χ3v) is 3.12. The summed E-state index contributed by atoms with van der Waals surface area (Å²) in [5.41, 5.74) is 0.738. The Hall–Kier alpha value is -2.90. The van der Waals surface area contributed by atoms with Gasteiger partial charge in [-0.3, -0.25) is 4.79 Å². The zero-order chi connectivity index (χ0) is 15.4. The van der Waals surface area contributed by atoms with E-state index < -0.39 is 24.1 Å². The normalized spacial score (nSPS) is 20.3. The molecule has 1 saturated heterocycles. The fourth-order valence-electron chi connectivity index (χ4n) is 2.05. The molecule has 1 aromatic rings. The summed E-state index contributed by atoms with van der Waals surface area (Å²) in [5, 5.41) is 29.1. The number of anilines is 1. The first kappa shape index (κ1) is 14.5. The van der Waals surface area contributed by atoms with E-state index in [-0.39, 0.29) is 17.5 Å². The van der Waals surface area contributed by atoms with Crippen molar-refractivity contribution in [3.05, 3.63) is 29.3 Å². The molecule has 0 aliphatic carbocycles. The highest BCUT2D eigenvalue weighted by molar-refractivity contribution is 5.95. The molecule has 1 aliphatic rings. The highest BCUT2D eigenvalue weighted by atomic mass is 16.5. The molecular weight excluding hydrogens is 274 g/mol. The number of carboxylic acid groups (broad SMARTS) is 1. The van der Waals surface area contributed by atoms with Gasteiger partial charge in [0.15, 0.2) is 6.10 Å². The first-order valence-corrected chi connectivity index (χ1v) is 6.18. The van der Waals surface area contributed by atoms with Crippen LogP contribution in [0, 0.1) is 22.7 Å². The third kappa shape index (κ3) is 3.16. The van der Waals surface area contributed by atoms with Crippen molar-refractivity contribution in [1.82, 2.24) is 0 Å². The summed E-state index contributed by atoms with van der Waals surface area (Å²) >= 11 is 0. The maximum atomic E-state index is 12.0. The number of benzene rings is 1. The van der Waals surface area contributed by atoms with Crippen molar-refractivity contribution in [2.75, 3.05) is 5.32 Å². The van der Waals surface area contributed by atoms with Gasteiger partial charge in [-0.05, 0) is 31.0 Å². The van der Waals surface area contributed by atoms with Gasteiger partial charge < -0.3 is 15.2 Å². The zero-order valence-corrected chi connectivity index (χ0v) is 10.9. The maximum Gasteiger partial charge on any atom is 0.332 e. The number of carbonyl (C=O) groups excluding carboxylic acids is 1. The fourth-order valence-corrected chi connectivity index (χ4v) is 2.05. The van der Waals surface area contributed by atoms with Gasteiger partial charge in [-0.25, -0.2) is 4.79 Å². The average molecular weight is 285 g/mol. The molecule has 2 rings (SSSR count). The number of nitrogens with zero attached hydrogens (tertiary/aromatic N) is 2. The molecule has 21 heavy (non-hydrogen) atoms. The molecule has 7 nitrogen and oxygen atoms in total. The Labute approximate surface area is 120 Å². The van der Waals surface area contributed by atoms with Crippen molar-refractivity contribution in [1.29, 1.82) is 10.5 Å². The molecule has 106 valence electrons. The Morgan fingerprint density at radius 3 is 2.43 bits per heavy atom. The minimum Gasteiger partial charge on any atom is -0.479 e. The molecule has 2 N–H and O–H groups in total. The lowest BCUT2D eigenvalue weighted by Crippen LogP contribution is -2.29. The molecule has 1 aliphatic heterocycles. The van der Waals surface area contributed by atoms with Crippen LogP contribution in [0.5, 0.6) is 0 Å². The lowest BCUT2D eigenvalue weighted by atomic mass is 10.1. The predicted octanol–water partition coefficient (Wildman–Crippen LogP) is 1.00. The Kier molecular flexibility index (Phi) is 4.17. The number of carbonyl (C=O) groups is 2. The number of hydrogen-bond donors (Lipinski definition) is 2. The summed E-state index contributed by atoms with van der Waals surface area (Å²) in [6.45, 7) is 0. The first-order chi connectivity index (χ1) is 10.0. The first-order valence-electron chi connectivity index (χ1n) is 6.18. The van der Waals surface area contributed by atoms with E-state index in [1.807, 2.05) is 12.1 Å². The van der Waals surface area contributed by atoms with E-state index in [9.17, 15) is 9.59 Å². The molecule has 1 heterocycles. The van der Waals surface area contributed by atoms with Gasteiger partial charge in [0.2, 0.25) is 0 Å². The van der Waals surface area contributed by atoms with E-state index in [4.69, 9.17) is 20.4 Å². The summed E-state index contributed by atoms with van der Waals surface area (Å²) in [6.07, 6.45) is -1.18. The molecular formula is C14H11N3O4. The summed E-state index contributed by atoms with van der Waals surface area (Å²) in [7, 11) is 0. The molecule has 1 amide bonds. The molecule has 0 spiro atoms. The smallest absolute Gasteiger partial charge is 0.332 e. The van der Waals surface area contributed by atoms with Crippen molar-refractivity contribution in [2.45, 2.75) is 25.0 Å². The van der Waals surface area contributed by atoms with Gasteiger partial charge in [-0.15, -0.1) is 0 Å². The third-order valence-electron chi connectivity index (χ3n) is 3.12. The number of hydrogen-bond acceptors (Lipinski definition) is 5. The highest BCUT2D eigenvalue weighted by Crippen LogP contribution is 2.22. The van der Waals surface area contributed by atoms with Crippen molar-refractivity contribution in [3.63, 3.8) is 0 Å². The Balaban J connectivity index is 2.06. The zero-order valence-electron chi connectivity index (χ0n) is 10.9. The lowest BCUT2D eigenvalue weighted by Gasteiger charge is -2.12. The van der Waals surface area contributed by atoms with Crippen LogP contribution in [0.2, 0.25) is 0 Å². The molecule has 2 unspecified atom stereocenters. The molecule has 2 atom stereocenters. The monoisotopic (exact) mass is 285 g/mol. The summed E-state index contributed by atoms with van der Waals surface area (Å²) in [4.78, 5) is 22.7. The minimum atomic E-state index is -1.09. The lowest BCUT2D eigenvalue weighted by molar-refractivity contribution is -0.150. The quantitative estimate of drug-likeness (QED) is 0.853. The van der Waals surface area contributed by atoms with E-state index in [2.05, 4.69) is 5.32 Å². The second-order valence-electron chi connectivity index (χ2n) is 4.50. The predicted molar refractivity (Wildman–Crippen MR) is 70.0 cm³/mol. The van der Waals surface area contributed by atoms with Gasteiger partial charge in [0.1, 0.15) is 18.2 Å². The summed E-state index contributed by atoms with van der Waals surface area (Å²) in [5.74, 6) is -1.55. The molecule has 0 aromatic heterocycles. The van der Waals surface area contributed by atoms with E-state index in [0.29, 0.717) is 12.1 Å². The largest absolute Gasteiger partial charge is 0.479 e. The van der Waals surface area contributed by atoms with E-state index in [0.717, 1.165) is 0 Å². The minimum absolute atomic E-state index is 0.158. The van der Waals surface area contributed by atoms with Gasteiger partial charge in [0.05, 0.1) is 11.1 Å². The summed E-state index contributed by atoms with van der Waals surface area (Å²) < 4.78 is 5.13. The van der Waals surface area contributed by atoms with Gasteiger partial charge >= 0.3 is 5.97 Å². The number of carboxylic acids is 1.